The summed E-state index contributed by atoms with van der Waals surface area (Å²) in [6.07, 6.45) is 4.25. The minimum atomic E-state index is -0.639. The lowest BCUT2D eigenvalue weighted by Crippen LogP contribution is -2.33. The number of rotatable bonds is 6. The molecule has 0 aliphatic heterocycles. The van der Waals surface area contributed by atoms with Crippen LogP contribution in [0.4, 0.5) is 11.9 Å². The number of hydrogen-bond acceptors (Lipinski definition) is 8. The molecule has 1 atom stereocenters. The van der Waals surface area contributed by atoms with Gasteiger partial charge >= 0.3 is 0 Å². The number of likely N-dealkylation sites (N-methyl/N-ethyl adjacent to an activating group) is 1. The summed E-state index contributed by atoms with van der Waals surface area (Å²) in [5.74, 6) is 0.848. The molecule has 0 fully saturated rings. The lowest BCUT2D eigenvalue weighted by Gasteiger charge is -2.20. The highest BCUT2D eigenvalue weighted by Gasteiger charge is 2.13. The van der Waals surface area contributed by atoms with Gasteiger partial charge in [-0.05, 0) is 0 Å². The monoisotopic (exact) mass is 279 g/mol. The molecular formula is C11H17N7O2. The van der Waals surface area contributed by atoms with Crippen LogP contribution >= 0.6 is 0 Å². The standard InChI is InChI=1S/C11H17N7O2/c1-17(5-8(19)6-20-2)10-14-9(12)15-11(16-10)18-4-3-13-7-18/h3-4,7-8,19H,5-6H2,1-2H3,(H2,12,14,15,16). The molecule has 1 unspecified atom stereocenters. The molecule has 0 aliphatic carbocycles. The van der Waals surface area contributed by atoms with E-state index in [1.54, 1.807) is 35.2 Å². The Morgan fingerprint density at radius 1 is 1.45 bits per heavy atom. The number of aromatic nitrogens is 5. The third-order valence-corrected chi connectivity index (χ3v) is 2.55. The number of ether oxygens (including phenoxy) is 1. The Labute approximate surface area is 116 Å². The lowest BCUT2D eigenvalue weighted by molar-refractivity contribution is 0.0693. The number of imidazole rings is 1. The third-order valence-electron chi connectivity index (χ3n) is 2.55. The van der Waals surface area contributed by atoms with Gasteiger partial charge in [-0.3, -0.25) is 4.57 Å². The van der Waals surface area contributed by atoms with Crippen molar-refractivity contribution in [2.24, 2.45) is 0 Å². The van der Waals surface area contributed by atoms with Crippen LogP contribution in [-0.4, -0.2) is 63.0 Å². The van der Waals surface area contributed by atoms with E-state index >= 15 is 0 Å². The van der Waals surface area contributed by atoms with Gasteiger partial charge in [0.15, 0.2) is 0 Å². The minimum absolute atomic E-state index is 0.104. The van der Waals surface area contributed by atoms with Gasteiger partial charge in [-0.25, -0.2) is 4.98 Å². The molecule has 0 amide bonds. The van der Waals surface area contributed by atoms with Crippen molar-refractivity contribution in [3.05, 3.63) is 18.7 Å². The summed E-state index contributed by atoms with van der Waals surface area (Å²) in [6.45, 7) is 0.556. The molecule has 108 valence electrons. The van der Waals surface area contributed by atoms with Gasteiger partial charge in [0.2, 0.25) is 17.8 Å². The maximum atomic E-state index is 9.72. The summed E-state index contributed by atoms with van der Waals surface area (Å²) in [4.78, 5) is 18.0. The van der Waals surface area contributed by atoms with Gasteiger partial charge in [0, 0.05) is 33.1 Å². The number of nitrogens with zero attached hydrogens (tertiary/aromatic N) is 6. The van der Waals surface area contributed by atoms with Crippen molar-refractivity contribution in [2.75, 3.05) is 37.9 Å². The maximum Gasteiger partial charge on any atom is 0.241 e. The Balaban J connectivity index is 2.19. The quantitative estimate of drug-likeness (QED) is 0.697. The smallest absolute Gasteiger partial charge is 0.241 e. The highest BCUT2D eigenvalue weighted by atomic mass is 16.5. The molecule has 9 nitrogen and oxygen atoms in total. The van der Waals surface area contributed by atoms with E-state index in [4.69, 9.17) is 10.5 Å². The van der Waals surface area contributed by atoms with E-state index in [0.29, 0.717) is 18.4 Å². The Kier molecular flexibility index (Phi) is 4.43. The molecule has 0 bridgehead atoms. The second-order valence-corrected chi connectivity index (χ2v) is 4.25. The largest absolute Gasteiger partial charge is 0.389 e. The van der Waals surface area contributed by atoms with E-state index in [-0.39, 0.29) is 12.6 Å². The summed E-state index contributed by atoms with van der Waals surface area (Å²) in [5, 5.41) is 9.72. The van der Waals surface area contributed by atoms with Crippen molar-refractivity contribution < 1.29 is 9.84 Å². The number of aliphatic hydroxyl groups excluding tert-OH is 1. The first kappa shape index (κ1) is 14.2. The zero-order valence-corrected chi connectivity index (χ0v) is 11.3. The van der Waals surface area contributed by atoms with Crippen LogP contribution in [0.25, 0.3) is 5.95 Å². The van der Waals surface area contributed by atoms with Crippen molar-refractivity contribution in [3.8, 4) is 5.95 Å². The first-order chi connectivity index (χ1) is 9.60. The van der Waals surface area contributed by atoms with Crippen molar-refractivity contribution in [1.29, 1.82) is 0 Å². The Morgan fingerprint density at radius 3 is 2.90 bits per heavy atom. The van der Waals surface area contributed by atoms with Crippen LogP contribution in [0.3, 0.4) is 0 Å². The Morgan fingerprint density at radius 2 is 2.25 bits per heavy atom. The van der Waals surface area contributed by atoms with Crippen molar-refractivity contribution >= 4 is 11.9 Å². The number of nitrogen functional groups attached to an aromatic ring is 1. The highest BCUT2D eigenvalue weighted by Crippen LogP contribution is 2.10. The van der Waals surface area contributed by atoms with Crippen LogP contribution in [0.1, 0.15) is 0 Å². The predicted molar refractivity (Wildman–Crippen MR) is 72.5 cm³/mol. The summed E-state index contributed by atoms with van der Waals surface area (Å²) in [5.41, 5.74) is 5.68. The molecule has 2 heterocycles. The van der Waals surface area contributed by atoms with E-state index in [2.05, 4.69) is 19.9 Å². The second-order valence-electron chi connectivity index (χ2n) is 4.25. The molecule has 0 saturated carbocycles. The first-order valence-electron chi connectivity index (χ1n) is 5.98. The Bertz CT molecular complexity index is 546. The predicted octanol–water partition coefficient (Wildman–Crippen LogP) is -0.917. The van der Waals surface area contributed by atoms with Gasteiger partial charge in [0.1, 0.15) is 6.33 Å². The van der Waals surface area contributed by atoms with Crippen LogP contribution in [0.2, 0.25) is 0 Å². The fraction of sp³-hybridized carbons (Fsp3) is 0.455. The number of anilines is 2. The molecule has 2 rings (SSSR count). The van der Waals surface area contributed by atoms with Crippen LogP contribution in [0.15, 0.2) is 18.7 Å². The molecule has 0 aliphatic rings. The molecule has 0 spiro atoms. The van der Waals surface area contributed by atoms with Crippen molar-refractivity contribution in [1.82, 2.24) is 24.5 Å². The van der Waals surface area contributed by atoms with Crippen LogP contribution in [-0.2, 0) is 4.74 Å². The summed E-state index contributed by atoms with van der Waals surface area (Å²) in [6, 6.07) is 0. The molecule has 2 aromatic rings. The average molecular weight is 279 g/mol. The maximum absolute atomic E-state index is 9.72. The molecule has 0 radical (unpaired) electrons. The van der Waals surface area contributed by atoms with E-state index in [9.17, 15) is 5.11 Å². The molecule has 3 N–H and O–H groups in total. The van der Waals surface area contributed by atoms with Gasteiger partial charge < -0.3 is 20.5 Å². The van der Waals surface area contributed by atoms with Crippen molar-refractivity contribution in [2.45, 2.75) is 6.10 Å². The molecular weight excluding hydrogens is 262 g/mol. The van der Waals surface area contributed by atoms with Crippen LogP contribution in [0.5, 0.6) is 0 Å². The van der Waals surface area contributed by atoms with E-state index < -0.39 is 6.10 Å². The van der Waals surface area contributed by atoms with Gasteiger partial charge in [-0.15, -0.1) is 0 Å². The minimum Gasteiger partial charge on any atom is -0.389 e. The molecule has 0 aromatic carbocycles. The average Bonchev–Trinajstić information content (AvgIpc) is 2.92. The van der Waals surface area contributed by atoms with Gasteiger partial charge in [-0.1, -0.05) is 0 Å². The molecule has 2 aromatic heterocycles. The van der Waals surface area contributed by atoms with Gasteiger partial charge in [0.25, 0.3) is 0 Å². The van der Waals surface area contributed by atoms with E-state index in [1.165, 1.54) is 7.11 Å². The SMILES string of the molecule is COCC(O)CN(C)c1nc(N)nc(-n2ccnc2)n1. The number of methoxy groups -OCH3 is 1. The fourth-order valence-electron chi connectivity index (χ4n) is 1.68. The van der Waals surface area contributed by atoms with E-state index in [1.807, 2.05) is 0 Å². The van der Waals surface area contributed by atoms with Crippen molar-refractivity contribution in [3.63, 3.8) is 0 Å². The third kappa shape index (κ3) is 3.39. The van der Waals surface area contributed by atoms with Gasteiger partial charge in [-0.2, -0.15) is 15.0 Å². The number of hydrogen-bond donors (Lipinski definition) is 2. The fourth-order valence-corrected chi connectivity index (χ4v) is 1.68. The number of nitrogens with two attached hydrogens (primary N) is 1. The first-order valence-corrected chi connectivity index (χ1v) is 5.98. The van der Waals surface area contributed by atoms with Crippen LogP contribution in [0, 0.1) is 0 Å². The summed E-state index contributed by atoms with van der Waals surface area (Å²) in [7, 11) is 3.28. The molecule has 9 heteroatoms. The molecule has 20 heavy (non-hydrogen) atoms. The molecule has 0 saturated heterocycles. The van der Waals surface area contributed by atoms with Crippen LogP contribution < -0.4 is 10.6 Å². The summed E-state index contributed by atoms with van der Waals surface area (Å²) >= 11 is 0. The van der Waals surface area contributed by atoms with Gasteiger partial charge in [0.05, 0.1) is 12.7 Å². The number of aliphatic hydroxyl groups is 1. The highest BCUT2D eigenvalue weighted by molar-refractivity contribution is 5.37. The topological polar surface area (TPSA) is 115 Å². The lowest BCUT2D eigenvalue weighted by atomic mass is 10.3. The zero-order valence-electron chi connectivity index (χ0n) is 11.3. The Hall–Kier alpha value is -2.26. The van der Waals surface area contributed by atoms with E-state index in [0.717, 1.165) is 0 Å². The second kappa shape index (κ2) is 6.26. The normalized spacial score (nSPS) is 12.3. The zero-order chi connectivity index (χ0) is 14.5. The summed E-state index contributed by atoms with van der Waals surface area (Å²) < 4.78 is 6.51.